The fourth-order valence-corrected chi connectivity index (χ4v) is 6.09. The summed E-state index contributed by atoms with van der Waals surface area (Å²) in [7, 11) is 0. The SMILES string of the molecule is C[C@@H]1CCCC[C@H]1N1C(=O)/C(=C/c2cccc3ccccc23)SC1Nc1ccccc1. The Morgan fingerprint density at radius 1 is 0.935 bits per heavy atom. The van der Waals surface area contributed by atoms with E-state index in [-0.39, 0.29) is 17.4 Å². The number of carbonyl (C=O) groups excluding carboxylic acids is 1. The third kappa shape index (κ3) is 4.09. The van der Waals surface area contributed by atoms with Crippen molar-refractivity contribution < 1.29 is 4.79 Å². The van der Waals surface area contributed by atoms with E-state index in [9.17, 15) is 4.79 Å². The number of thioether (sulfide) groups is 1. The summed E-state index contributed by atoms with van der Waals surface area (Å²) in [4.78, 5) is 16.6. The molecule has 1 unspecified atom stereocenters. The number of benzene rings is 3. The first-order chi connectivity index (χ1) is 15.2. The van der Waals surface area contributed by atoms with Crippen molar-refractivity contribution in [1.29, 1.82) is 0 Å². The van der Waals surface area contributed by atoms with Crippen molar-refractivity contribution in [3.05, 3.63) is 83.3 Å². The molecule has 3 nitrogen and oxygen atoms in total. The summed E-state index contributed by atoms with van der Waals surface area (Å²) in [5.41, 5.74) is 2.07. The summed E-state index contributed by atoms with van der Waals surface area (Å²) in [6.45, 7) is 2.30. The van der Waals surface area contributed by atoms with Gasteiger partial charge in [0.15, 0.2) is 5.50 Å². The molecule has 4 heteroatoms. The fraction of sp³-hybridized carbons (Fsp3) is 0.296. The van der Waals surface area contributed by atoms with Crippen LogP contribution in [-0.4, -0.2) is 22.3 Å². The molecule has 1 N–H and O–H groups in total. The number of amides is 1. The van der Waals surface area contributed by atoms with Crippen LogP contribution in [0.15, 0.2) is 77.7 Å². The minimum absolute atomic E-state index is 0.0818. The second kappa shape index (κ2) is 8.80. The topological polar surface area (TPSA) is 32.3 Å². The lowest BCUT2D eigenvalue weighted by atomic mass is 9.85. The number of nitrogens with zero attached hydrogens (tertiary/aromatic N) is 1. The van der Waals surface area contributed by atoms with Gasteiger partial charge < -0.3 is 10.2 Å². The van der Waals surface area contributed by atoms with Crippen LogP contribution in [-0.2, 0) is 4.79 Å². The molecule has 3 aromatic rings. The number of hydrogen-bond acceptors (Lipinski definition) is 3. The van der Waals surface area contributed by atoms with Crippen LogP contribution in [0.3, 0.4) is 0 Å². The Bertz CT molecular complexity index is 1110. The maximum Gasteiger partial charge on any atom is 0.262 e. The Kier molecular flexibility index (Phi) is 5.73. The van der Waals surface area contributed by atoms with Crippen LogP contribution in [0.25, 0.3) is 16.8 Å². The molecule has 1 aliphatic carbocycles. The van der Waals surface area contributed by atoms with Gasteiger partial charge in [-0.2, -0.15) is 0 Å². The quantitative estimate of drug-likeness (QED) is 0.468. The van der Waals surface area contributed by atoms with E-state index in [1.54, 1.807) is 11.8 Å². The standard InChI is InChI=1S/C27H28N2OS/c1-19-10-5-8-17-24(19)29-26(30)25(31-27(29)28-22-14-3-2-4-15-22)18-21-13-9-12-20-11-6-7-16-23(20)21/h2-4,6-7,9,11-16,18-19,24,27-28H,5,8,10,17H2,1H3/b25-18-/t19-,24-,27?/m1/s1. The molecule has 1 saturated heterocycles. The maximum atomic E-state index is 13.7. The summed E-state index contributed by atoms with van der Waals surface area (Å²) in [6.07, 6.45) is 6.83. The molecule has 158 valence electrons. The second-order valence-corrected chi connectivity index (χ2v) is 9.72. The summed E-state index contributed by atoms with van der Waals surface area (Å²) < 4.78 is 0. The summed E-state index contributed by atoms with van der Waals surface area (Å²) >= 11 is 1.65. The molecule has 3 atom stereocenters. The Morgan fingerprint density at radius 2 is 1.68 bits per heavy atom. The number of para-hydroxylation sites is 1. The van der Waals surface area contributed by atoms with Gasteiger partial charge in [0, 0.05) is 11.7 Å². The van der Waals surface area contributed by atoms with Gasteiger partial charge in [0.05, 0.1) is 4.91 Å². The third-order valence-corrected chi connectivity index (χ3v) is 7.65. The number of nitrogens with one attached hydrogen (secondary N) is 1. The molecule has 0 spiro atoms. The van der Waals surface area contributed by atoms with Gasteiger partial charge >= 0.3 is 0 Å². The van der Waals surface area contributed by atoms with Crippen molar-refractivity contribution in [2.24, 2.45) is 5.92 Å². The van der Waals surface area contributed by atoms with E-state index in [2.05, 4.69) is 77.8 Å². The van der Waals surface area contributed by atoms with E-state index in [4.69, 9.17) is 0 Å². The third-order valence-electron chi connectivity index (χ3n) is 6.53. The summed E-state index contributed by atoms with van der Waals surface area (Å²) in [5.74, 6) is 0.681. The van der Waals surface area contributed by atoms with Gasteiger partial charge in [-0.1, -0.05) is 92.2 Å². The Morgan fingerprint density at radius 3 is 2.52 bits per heavy atom. The van der Waals surface area contributed by atoms with Gasteiger partial charge in [-0.25, -0.2) is 0 Å². The van der Waals surface area contributed by atoms with Crippen LogP contribution in [0.4, 0.5) is 5.69 Å². The zero-order chi connectivity index (χ0) is 21.2. The molecule has 0 bridgehead atoms. The average molecular weight is 429 g/mol. The summed E-state index contributed by atoms with van der Waals surface area (Å²) in [5, 5.41) is 6.00. The fourth-order valence-electron chi connectivity index (χ4n) is 4.88. The molecule has 1 aliphatic heterocycles. The number of carbonyl (C=O) groups is 1. The molecule has 2 fully saturated rings. The zero-order valence-electron chi connectivity index (χ0n) is 17.8. The molecular weight excluding hydrogens is 400 g/mol. The predicted octanol–water partition coefficient (Wildman–Crippen LogP) is 6.73. The number of anilines is 1. The Balaban J connectivity index is 1.51. The Labute approximate surface area is 188 Å². The van der Waals surface area contributed by atoms with Crippen molar-refractivity contribution in [2.75, 3.05) is 5.32 Å². The van der Waals surface area contributed by atoms with Crippen LogP contribution in [0, 0.1) is 5.92 Å². The van der Waals surface area contributed by atoms with Gasteiger partial charge in [0.25, 0.3) is 5.91 Å². The van der Waals surface area contributed by atoms with Crippen LogP contribution in [0.2, 0.25) is 0 Å². The second-order valence-electron chi connectivity index (χ2n) is 8.60. The lowest BCUT2D eigenvalue weighted by Crippen LogP contribution is -2.48. The number of hydrogen-bond donors (Lipinski definition) is 1. The molecular formula is C27H28N2OS. The van der Waals surface area contributed by atoms with E-state index < -0.39 is 0 Å². The Hall–Kier alpha value is -2.72. The van der Waals surface area contributed by atoms with E-state index >= 15 is 0 Å². The molecule has 31 heavy (non-hydrogen) atoms. The highest BCUT2D eigenvalue weighted by molar-refractivity contribution is 8.05. The molecule has 1 amide bonds. The summed E-state index contributed by atoms with van der Waals surface area (Å²) in [6, 6.07) is 25.2. The molecule has 5 rings (SSSR count). The normalized spacial score (nSPS) is 25.3. The first-order valence-electron chi connectivity index (χ1n) is 11.2. The van der Waals surface area contributed by atoms with Crippen molar-refractivity contribution in [1.82, 2.24) is 4.90 Å². The van der Waals surface area contributed by atoms with Crippen LogP contribution < -0.4 is 5.32 Å². The van der Waals surface area contributed by atoms with E-state index in [0.29, 0.717) is 5.92 Å². The highest BCUT2D eigenvalue weighted by Gasteiger charge is 2.42. The number of fused-ring (bicyclic) bond motifs is 1. The van der Waals surface area contributed by atoms with Crippen molar-refractivity contribution >= 4 is 40.2 Å². The van der Waals surface area contributed by atoms with Crippen LogP contribution >= 0.6 is 11.8 Å². The molecule has 1 heterocycles. The lowest BCUT2D eigenvalue weighted by Gasteiger charge is -2.39. The predicted molar refractivity (Wildman–Crippen MR) is 132 cm³/mol. The molecule has 1 saturated carbocycles. The first kappa shape index (κ1) is 20.2. The van der Waals surface area contributed by atoms with Crippen molar-refractivity contribution in [2.45, 2.75) is 44.1 Å². The minimum Gasteiger partial charge on any atom is -0.356 e. The van der Waals surface area contributed by atoms with E-state index in [1.807, 2.05) is 18.2 Å². The highest BCUT2D eigenvalue weighted by Crippen LogP contribution is 2.42. The molecule has 0 aromatic heterocycles. The zero-order valence-corrected chi connectivity index (χ0v) is 18.6. The molecule has 0 radical (unpaired) electrons. The van der Waals surface area contributed by atoms with E-state index in [1.165, 1.54) is 30.0 Å². The molecule has 3 aromatic carbocycles. The van der Waals surface area contributed by atoms with Crippen molar-refractivity contribution in [3.63, 3.8) is 0 Å². The van der Waals surface area contributed by atoms with Crippen LogP contribution in [0.5, 0.6) is 0 Å². The van der Waals surface area contributed by atoms with Gasteiger partial charge in [-0.15, -0.1) is 0 Å². The van der Waals surface area contributed by atoms with Crippen molar-refractivity contribution in [3.8, 4) is 0 Å². The van der Waals surface area contributed by atoms with E-state index in [0.717, 1.165) is 22.6 Å². The van der Waals surface area contributed by atoms with Crippen LogP contribution in [0.1, 0.15) is 38.2 Å². The van der Waals surface area contributed by atoms with Gasteiger partial charge in [0.1, 0.15) is 0 Å². The molecule has 2 aliphatic rings. The minimum atomic E-state index is -0.0818. The monoisotopic (exact) mass is 428 g/mol. The smallest absolute Gasteiger partial charge is 0.262 e. The highest BCUT2D eigenvalue weighted by atomic mass is 32.2. The largest absolute Gasteiger partial charge is 0.356 e. The first-order valence-corrected chi connectivity index (χ1v) is 12.1. The van der Waals surface area contributed by atoms with Gasteiger partial charge in [0.2, 0.25) is 0 Å². The van der Waals surface area contributed by atoms with Gasteiger partial charge in [-0.3, -0.25) is 4.79 Å². The van der Waals surface area contributed by atoms with Gasteiger partial charge in [-0.05, 0) is 53.3 Å². The lowest BCUT2D eigenvalue weighted by molar-refractivity contribution is -0.129. The average Bonchev–Trinajstić information content (AvgIpc) is 3.09. The maximum absolute atomic E-state index is 13.7. The number of rotatable bonds is 4.